The van der Waals surface area contributed by atoms with Crippen LogP contribution in [0.4, 0.5) is 10.1 Å². The average Bonchev–Trinajstić information content (AvgIpc) is 2.69. The Labute approximate surface area is 166 Å². The number of fused-ring (bicyclic) bond motifs is 1. The fourth-order valence-electron chi connectivity index (χ4n) is 2.94. The summed E-state index contributed by atoms with van der Waals surface area (Å²) in [6, 6.07) is 9.02. The van der Waals surface area contributed by atoms with Gasteiger partial charge in [-0.15, -0.1) is 0 Å². The monoisotopic (exact) mass is 397 g/mol. The van der Waals surface area contributed by atoms with Crippen LogP contribution < -0.4 is 10.9 Å². The zero-order valence-corrected chi connectivity index (χ0v) is 16.3. The molecule has 29 heavy (non-hydrogen) atoms. The molecule has 0 bridgehead atoms. The summed E-state index contributed by atoms with van der Waals surface area (Å²) >= 11 is 0. The van der Waals surface area contributed by atoms with Gasteiger partial charge in [0.1, 0.15) is 11.5 Å². The largest absolute Gasteiger partial charge is 0.452 e. The minimum absolute atomic E-state index is 0.0135. The summed E-state index contributed by atoms with van der Waals surface area (Å²) in [5.41, 5.74) is 2.15. The number of halogens is 1. The first-order valence-corrected chi connectivity index (χ1v) is 9.04. The van der Waals surface area contributed by atoms with E-state index in [4.69, 9.17) is 4.74 Å². The van der Waals surface area contributed by atoms with Crippen LogP contribution in [0.5, 0.6) is 0 Å². The van der Waals surface area contributed by atoms with Crippen molar-refractivity contribution in [2.75, 3.05) is 11.9 Å². The Morgan fingerprint density at radius 1 is 1.17 bits per heavy atom. The summed E-state index contributed by atoms with van der Waals surface area (Å²) in [7, 11) is 0. The van der Waals surface area contributed by atoms with Crippen molar-refractivity contribution in [1.29, 1.82) is 0 Å². The van der Waals surface area contributed by atoms with Gasteiger partial charge in [-0.1, -0.05) is 6.07 Å². The number of carbonyl (C=O) groups is 2. The van der Waals surface area contributed by atoms with Crippen LogP contribution in [0.25, 0.3) is 11.0 Å². The van der Waals surface area contributed by atoms with E-state index in [0.29, 0.717) is 23.3 Å². The van der Waals surface area contributed by atoms with Crippen molar-refractivity contribution < 1.29 is 18.7 Å². The molecule has 3 rings (SSSR count). The second-order valence-electron chi connectivity index (χ2n) is 6.56. The molecule has 0 aliphatic carbocycles. The number of rotatable bonds is 5. The van der Waals surface area contributed by atoms with Gasteiger partial charge in [-0.25, -0.2) is 14.2 Å². The van der Waals surface area contributed by atoms with E-state index in [1.807, 2.05) is 6.92 Å². The van der Waals surface area contributed by atoms with E-state index in [-0.39, 0.29) is 16.8 Å². The molecule has 1 aromatic heterocycles. The summed E-state index contributed by atoms with van der Waals surface area (Å²) in [5, 5.41) is 2.36. The van der Waals surface area contributed by atoms with Gasteiger partial charge >= 0.3 is 5.97 Å². The molecule has 0 saturated carbocycles. The first kappa shape index (κ1) is 20.2. The maximum absolute atomic E-state index is 13.8. The predicted molar refractivity (Wildman–Crippen MR) is 106 cm³/mol. The summed E-state index contributed by atoms with van der Waals surface area (Å²) in [6.07, 6.45) is 0. The Hall–Kier alpha value is -3.55. The first-order chi connectivity index (χ1) is 13.8. The molecule has 150 valence electrons. The minimum atomic E-state index is -0.722. The number of benzene rings is 2. The highest BCUT2D eigenvalue weighted by molar-refractivity contribution is 5.97. The highest BCUT2D eigenvalue weighted by atomic mass is 19.1. The van der Waals surface area contributed by atoms with E-state index < -0.39 is 24.3 Å². The number of nitrogens with zero attached hydrogens (tertiary/aromatic N) is 2. The average molecular weight is 397 g/mol. The summed E-state index contributed by atoms with van der Waals surface area (Å²) in [5.74, 6) is -1.95. The van der Waals surface area contributed by atoms with Crippen molar-refractivity contribution in [1.82, 2.24) is 9.55 Å². The number of esters is 1. The van der Waals surface area contributed by atoms with Gasteiger partial charge in [0.2, 0.25) is 0 Å². The second-order valence-corrected chi connectivity index (χ2v) is 6.56. The quantitative estimate of drug-likeness (QED) is 0.669. The SMILES string of the molecule is CCn1c(=O)c(C)nc2cc(C(=O)OCC(=O)Nc3ccc(C)cc3F)ccc21. The molecule has 1 heterocycles. The lowest BCUT2D eigenvalue weighted by molar-refractivity contribution is -0.119. The maximum Gasteiger partial charge on any atom is 0.338 e. The van der Waals surface area contributed by atoms with Crippen molar-refractivity contribution in [2.45, 2.75) is 27.3 Å². The van der Waals surface area contributed by atoms with Crippen LogP contribution in [0.1, 0.15) is 28.5 Å². The third-order valence-electron chi connectivity index (χ3n) is 4.39. The first-order valence-electron chi connectivity index (χ1n) is 9.04. The lowest BCUT2D eigenvalue weighted by Crippen LogP contribution is -2.24. The van der Waals surface area contributed by atoms with Gasteiger partial charge in [-0.2, -0.15) is 0 Å². The normalized spacial score (nSPS) is 10.8. The number of carbonyl (C=O) groups excluding carboxylic acids is 2. The molecule has 1 amide bonds. The Bertz CT molecular complexity index is 1170. The molecule has 0 spiro atoms. The molecular formula is C21H20FN3O4. The minimum Gasteiger partial charge on any atom is -0.452 e. The molecule has 1 N–H and O–H groups in total. The third-order valence-corrected chi connectivity index (χ3v) is 4.39. The van der Waals surface area contributed by atoms with Crippen molar-refractivity contribution in [2.24, 2.45) is 0 Å². The Morgan fingerprint density at radius 3 is 2.62 bits per heavy atom. The fourth-order valence-corrected chi connectivity index (χ4v) is 2.94. The Morgan fingerprint density at radius 2 is 1.93 bits per heavy atom. The number of amides is 1. The number of hydrogen-bond donors (Lipinski definition) is 1. The number of aryl methyl sites for hydroxylation is 3. The molecule has 0 aliphatic heterocycles. The summed E-state index contributed by atoms with van der Waals surface area (Å²) < 4.78 is 20.4. The molecule has 3 aromatic rings. The molecule has 0 saturated heterocycles. The highest BCUT2D eigenvalue weighted by Crippen LogP contribution is 2.16. The van der Waals surface area contributed by atoms with E-state index in [0.717, 1.165) is 5.56 Å². The van der Waals surface area contributed by atoms with Crippen LogP contribution in [0.3, 0.4) is 0 Å². The molecule has 0 atom stereocenters. The number of hydrogen-bond acceptors (Lipinski definition) is 5. The molecule has 8 heteroatoms. The van der Waals surface area contributed by atoms with E-state index in [1.54, 1.807) is 30.5 Å². The lowest BCUT2D eigenvalue weighted by atomic mass is 10.2. The van der Waals surface area contributed by atoms with Gasteiger partial charge in [0.05, 0.1) is 22.3 Å². The van der Waals surface area contributed by atoms with E-state index >= 15 is 0 Å². The standard InChI is InChI=1S/C21H20FN3O4/c1-4-25-18-8-6-14(10-17(18)23-13(3)20(25)27)21(28)29-11-19(26)24-16-7-5-12(2)9-15(16)22/h5-10H,4,11H2,1-3H3,(H,24,26). The molecule has 7 nitrogen and oxygen atoms in total. The van der Waals surface area contributed by atoms with Gasteiger partial charge in [0.15, 0.2) is 6.61 Å². The fraction of sp³-hybridized carbons (Fsp3) is 0.238. The Balaban J connectivity index is 1.72. The van der Waals surface area contributed by atoms with Gasteiger partial charge in [0, 0.05) is 6.54 Å². The van der Waals surface area contributed by atoms with E-state index in [2.05, 4.69) is 10.3 Å². The van der Waals surface area contributed by atoms with Crippen LogP contribution in [-0.2, 0) is 16.1 Å². The molecule has 0 aliphatic rings. The number of nitrogens with one attached hydrogen (secondary N) is 1. The van der Waals surface area contributed by atoms with Crippen molar-refractivity contribution in [3.63, 3.8) is 0 Å². The van der Waals surface area contributed by atoms with Gasteiger partial charge < -0.3 is 14.6 Å². The zero-order chi connectivity index (χ0) is 21.1. The highest BCUT2D eigenvalue weighted by Gasteiger charge is 2.14. The molecular weight excluding hydrogens is 377 g/mol. The lowest BCUT2D eigenvalue weighted by Gasteiger charge is -2.10. The molecule has 0 unspecified atom stereocenters. The van der Waals surface area contributed by atoms with Crippen LogP contribution in [0, 0.1) is 19.7 Å². The van der Waals surface area contributed by atoms with Crippen molar-refractivity contribution in [3.05, 3.63) is 69.4 Å². The Kier molecular flexibility index (Phi) is 5.72. The van der Waals surface area contributed by atoms with Crippen LogP contribution >= 0.6 is 0 Å². The number of ether oxygens (including phenoxy) is 1. The van der Waals surface area contributed by atoms with Crippen LogP contribution in [0.15, 0.2) is 41.2 Å². The topological polar surface area (TPSA) is 90.3 Å². The van der Waals surface area contributed by atoms with Crippen molar-refractivity contribution in [3.8, 4) is 0 Å². The van der Waals surface area contributed by atoms with E-state index in [9.17, 15) is 18.8 Å². The number of aromatic nitrogens is 2. The van der Waals surface area contributed by atoms with Crippen LogP contribution in [-0.4, -0.2) is 28.0 Å². The van der Waals surface area contributed by atoms with Crippen molar-refractivity contribution >= 4 is 28.6 Å². The predicted octanol–water partition coefficient (Wildman–Crippen LogP) is 2.97. The molecule has 0 radical (unpaired) electrons. The summed E-state index contributed by atoms with van der Waals surface area (Å²) in [4.78, 5) is 40.6. The zero-order valence-electron chi connectivity index (χ0n) is 16.3. The van der Waals surface area contributed by atoms with Gasteiger partial charge in [-0.05, 0) is 56.7 Å². The number of anilines is 1. The molecule has 2 aromatic carbocycles. The maximum atomic E-state index is 13.8. The van der Waals surface area contributed by atoms with Gasteiger partial charge in [0.25, 0.3) is 11.5 Å². The summed E-state index contributed by atoms with van der Waals surface area (Å²) in [6.45, 7) is 5.09. The second kappa shape index (κ2) is 8.22. The smallest absolute Gasteiger partial charge is 0.338 e. The van der Waals surface area contributed by atoms with Crippen LogP contribution in [0.2, 0.25) is 0 Å². The third kappa shape index (κ3) is 4.31. The molecule has 0 fully saturated rings. The van der Waals surface area contributed by atoms with Gasteiger partial charge in [-0.3, -0.25) is 9.59 Å². The van der Waals surface area contributed by atoms with E-state index in [1.165, 1.54) is 24.3 Å².